The summed E-state index contributed by atoms with van der Waals surface area (Å²) in [5.74, 6) is 2.27. The second-order valence-corrected chi connectivity index (χ2v) is 6.30. The zero-order chi connectivity index (χ0) is 17.3. The Hall–Kier alpha value is -2.57. The molecule has 2 aromatic rings. The lowest BCUT2D eigenvalue weighted by Gasteiger charge is -2.14. The number of amides is 1. The molecule has 0 bridgehead atoms. The van der Waals surface area contributed by atoms with Crippen LogP contribution in [0.5, 0.6) is 0 Å². The summed E-state index contributed by atoms with van der Waals surface area (Å²) < 4.78 is 0. The third-order valence-corrected chi connectivity index (χ3v) is 4.09. The number of nitrogens with zero attached hydrogens (tertiary/aromatic N) is 5. The molecule has 7 heteroatoms. The van der Waals surface area contributed by atoms with E-state index in [2.05, 4.69) is 25.3 Å². The minimum Gasteiger partial charge on any atom is -0.342 e. The van der Waals surface area contributed by atoms with Gasteiger partial charge >= 0.3 is 0 Å². The number of aromatic nitrogens is 4. The first kappa shape index (κ1) is 16.3. The summed E-state index contributed by atoms with van der Waals surface area (Å²) in [6, 6.07) is 3.80. The van der Waals surface area contributed by atoms with Crippen LogP contribution < -0.4 is 5.32 Å². The quantitative estimate of drug-likeness (QED) is 0.931. The number of anilines is 2. The number of hydrogen-bond donors (Lipinski definition) is 1. The van der Waals surface area contributed by atoms with Crippen LogP contribution in [0.15, 0.2) is 12.1 Å². The molecule has 1 aliphatic heterocycles. The van der Waals surface area contributed by atoms with Gasteiger partial charge in [-0.3, -0.25) is 4.79 Å². The fourth-order valence-corrected chi connectivity index (χ4v) is 2.99. The highest BCUT2D eigenvalue weighted by atomic mass is 16.2. The van der Waals surface area contributed by atoms with Crippen molar-refractivity contribution >= 4 is 17.7 Å². The first-order chi connectivity index (χ1) is 11.4. The topological polar surface area (TPSA) is 83.9 Å². The Bertz CT molecular complexity index is 755. The molecule has 24 heavy (non-hydrogen) atoms. The van der Waals surface area contributed by atoms with E-state index in [1.807, 2.05) is 37.8 Å². The van der Waals surface area contributed by atoms with Crippen molar-refractivity contribution in [3.8, 4) is 0 Å². The van der Waals surface area contributed by atoms with Crippen LogP contribution in [-0.4, -0.2) is 43.8 Å². The van der Waals surface area contributed by atoms with E-state index in [9.17, 15) is 4.79 Å². The maximum Gasteiger partial charge on any atom is 0.228 e. The van der Waals surface area contributed by atoms with Gasteiger partial charge in [0.2, 0.25) is 11.9 Å². The van der Waals surface area contributed by atoms with Crippen molar-refractivity contribution < 1.29 is 4.79 Å². The van der Waals surface area contributed by atoms with Gasteiger partial charge in [-0.05, 0) is 33.3 Å². The van der Waals surface area contributed by atoms with Crippen molar-refractivity contribution in [1.29, 1.82) is 0 Å². The molecule has 1 fully saturated rings. The van der Waals surface area contributed by atoms with E-state index in [-0.39, 0.29) is 11.8 Å². The van der Waals surface area contributed by atoms with Gasteiger partial charge in [-0.2, -0.15) is 0 Å². The van der Waals surface area contributed by atoms with Gasteiger partial charge in [0.05, 0.1) is 0 Å². The Kier molecular flexibility index (Phi) is 4.42. The molecule has 7 nitrogen and oxygen atoms in total. The smallest absolute Gasteiger partial charge is 0.228 e. The van der Waals surface area contributed by atoms with Gasteiger partial charge in [0.1, 0.15) is 11.6 Å². The predicted octanol–water partition coefficient (Wildman–Crippen LogP) is 2.27. The molecule has 0 aliphatic carbocycles. The summed E-state index contributed by atoms with van der Waals surface area (Å²) in [4.78, 5) is 31.3. The SMILES string of the molecule is CC(=O)N1CC[C@@H](c2nc(C)cc(Nc3nc(C)cc(C)n3)n2)C1. The Morgan fingerprint density at radius 2 is 1.75 bits per heavy atom. The van der Waals surface area contributed by atoms with Gasteiger partial charge in [0, 0.05) is 49.1 Å². The van der Waals surface area contributed by atoms with Crippen LogP contribution in [0.3, 0.4) is 0 Å². The molecule has 1 N–H and O–H groups in total. The van der Waals surface area contributed by atoms with Crippen LogP contribution in [0.25, 0.3) is 0 Å². The fourth-order valence-electron chi connectivity index (χ4n) is 2.99. The number of hydrogen-bond acceptors (Lipinski definition) is 6. The second kappa shape index (κ2) is 6.51. The van der Waals surface area contributed by atoms with Crippen molar-refractivity contribution in [2.45, 2.75) is 40.0 Å². The van der Waals surface area contributed by atoms with E-state index in [1.165, 1.54) is 0 Å². The maximum absolute atomic E-state index is 11.5. The van der Waals surface area contributed by atoms with Crippen LogP contribution in [0.1, 0.15) is 42.2 Å². The molecule has 1 atom stereocenters. The molecular weight excluding hydrogens is 304 g/mol. The second-order valence-electron chi connectivity index (χ2n) is 6.30. The van der Waals surface area contributed by atoms with Gasteiger partial charge in [0.25, 0.3) is 0 Å². The largest absolute Gasteiger partial charge is 0.342 e. The third-order valence-electron chi connectivity index (χ3n) is 4.09. The van der Waals surface area contributed by atoms with E-state index in [1.54, 1.807) is 6.92 Å². The molecule has 1 aliphatic rings. The van der Waals surface area contributed by atoms with Crippen molar-refractivity contribution in [2.75, 3.05) is 18.4 Å². The standard InChI is InChI=1S/C17H22N6O/c1-10-7-11(2)20-17(19-10)22-15-8-12(3)18-16(21-15)14-5-6-23(9-14)13(4)24/h7-8,14H,5-6,9H2,1-4H3,(H,18,19,20,21,22)/t14-/m1/s1. The molecule has 0 unspecified atom stereocenters. The number of nitrogens with one attached hydrogen (secondary N) is 1. The van der Waals surface area contributed by atoms with E-state index >= 15 is 0 Å². The zero-order valence-electron chi connectivity index (χ0n) is 14.5. The lowest BCUT2D eigenvalue weighted by atomic mass is 10.1. The molecular formula is C17H22N6O. The normalized spacial score (nSPS) is 17.2. The highest BCUT2D eigenvalue weighted by Crippen LogP contribution is 2.26. The van der Waals surface area contributed by atoms with E-state index in [0.29, 0.717) is 18.3 Å². The molecule has 1 saturated heterocycles. The minimum absolute atomic E-state index is 0.104. The molecule has 0 radical (unpaired) electrons. The molecule has 0 saturated carbocycles. The lowest BCUT2D eigenvalue weighted by molar-refractivity contribution is -0.127. The van der Waals surface area contributed by atoms with Crippen molar-refractivity contribution in [1.82, 2.24) is 24.8 Å². The Morgan fingerprint density at radius 3 is 2.38 bits per heavy atom. The summed E-state index contributed by atoms with van der Waals surface area (Å²) in [5, 5.41) is 3.17. The first-order valence-electron chi connectivity index (χ1n) is 8.11. The monoisotopic (exact) mass is 326 g/mol. The van der Waals surface area contributed by atoms with Crippen molar-refractivity contribution in [3.63, 3.8) is 0 Å². The van der Waals surface area contributed by atoms with Crippen LogP contribution in [0.4, 0.5) is 11.8 Å². The number of carbonyl (C=O) groups excluding carboxylic acids is 1. The number of likely N-dealkylation sites (tertiary alicyclic amines) is 1. The van der Waals surface area contributed by atoms with E-state index < -0.39 is 0 Å². The average Bonchev–Trinajstić information content (AvgIpc) is 2.95. The summed E-state index contributed by atoms with van der Waals surface area (Å²) in [7, 11) is 0. The van der Waals surface area contributed by atoms with Gasteiger partial charge in [-0.15, -0.1) is 0 Å². The summed E-state index contributed by atoms with van der Waals surface area (Å²) >= 11 is 0. The lowest BCUT2D eigenvalue weighted by Crippen LogP contribution is -2.25. The minimum atomic E-state index is 0.104. The number of rotatable bonds is 3. The summed E-state index contributed by atoms with van der Waals surface area (Å²) in [6.45, 7) is 8.86. The Balaban J connectivity index is 1.83. The number of carbonyl (C=O) groups is 1. The van der Waals surface area contributed by atoms with Crippen LogP contribution in [0.2, 0.25) is 0 Å². The molecule has 3 rings (SSSR count). The van der Waals surface area contributed by atoms with Gasteiger partial charge in [-0.1, -0.05) is 0 Å². The van der Waals surface area contributed by atoms with Crippen LogP contribution >= 0.6 is 0 Å². The highest BCUT2D eigenvalue weighted by molar-refractivity contribution is 5.73. The van der Waals surface area contributed by atoms with Gasteiger partial charge < -0.3 is 10.2 Å². The van der Waals surface area contributed by atoms with E-state index in [4.69, 9.17) is 0 Å². The van der Waals surface area contributed by atoms with Crippen molar-refractivity contribution in [2.24, 2.45) is 0 Å². The first-order valence-corrected chi connectivity index (χ1v) is 8.11. The molecule has 1 amide bonds. The Labute approximate surface area is 141 Å². The maximum atomic E-state index is 11.5. The number of aryl methyl sites for hydroxylation is 3. The molecule has 3 heterocycles. The molecule has 126 valence electrons. The fraction of sp³-hybridized carbons (Fsp3) is 0.471. The zero-order valence-corrected chi connectivity index (χ0v) is 14.5. The van der Waals surface area contributed by atoms with Gasteiger partial charge in [-0.25, -0.2) is 19.9 Å². The predicted molar refractivity (Wildman–Crippen MR) is 91.2 cm³/mol. The van der Waals surface area contributed by atoms with Crippen LogP contribution in [-0.2, 0) is 4.79 Å². The molecule has 0 spiro atoms. The average molecular weight is 326 g/mol. The van der Waals surface area contributed by atoms with Gasteiger partial charge in [0.15, 0.2) is 0 Å². The highest BCUT2D eigenvalue weighted by Gasteiger charge is 2.27. The Morgan fingerprint density at radius 1 is 1.08 bits per heavy atom. The third kappa shape index (κ3) is 3.67. The van der Waals surface area contributed by atoms with Crippen LogP contribution in [0, 0.1) is 20.8 Å². The van der Waals surface area contributed by atoms with E-state index in [0.717, 1.165) is 35.9 Å². The summed E-state index contributed by atoms with van der Waals surface area (Å²) in [5.41, 5.74) is 2.70. The summed E-state index contributed by atoms with van der Waals surface area (Å²) in [6.07, 6.45) is 0.891. The molecule has 0 aromatic carbocycles. The molecule has 2 aromatic heterocycles. The van der Waals surface area contributed by atoms with Crippen molar-refractivity contribution in [3.05, 3.63) is 35.0 Å².